The highest BCUT2D eigenvalue weighted by molar-refractivity contribution is 5.48. The predicted octanol–water partition coefficient (Wildman–Crippen LogP) is 2.52. The highest BCUT2D eigenvalue weighted by Gasteiger charge is 2.06. The molecule has 0 amide bonds. The lowest BCUT2D eigenvalue weighted by Crippen LogP contribution is -2.01. The van der Waals surface area contributed by atoms with Crippen molar-refractivity contribution in [1.82, 2.24) is 0 Å². The maximum absolute atomic E-state index is 9.39. The summed E-state index contributed by atoms with van der Waals surface area (Å²) in [7, 11) is 0. The Kier molecular flexibility index (Phi) is 3.63. The third kappa shape index (κ3) is 2.83. The minimum absolute atomic E-state index is 0.146. The van der Waals surface area contributed by atoms with Gasteiger partial charge in [0.25, 0.3) is 0 Å². The second-order valence-corrected chi connectivity index (χ2v) is 3.65. The standard InChI is InChI=1S/C11H16O3/c1-8(2)6-7-14-10-5-3-4-9(12)11(10)13/h3-5,8,12-13H,6-7H2,1-2H3. The van der Waals surface area contributed by atoms with Gasteiger partial charge in [-0.3, -0.25) is 0 Å². The van der Waals surface area contributed by atoms with Gasteiger partial charge >= 0.3 is 0 Å². The molecule has 2 N–H and O–H groups in total. The van der Waals surface area contributed by atoms with Crippen molar-refractivity contribution in [3.8, 4) is 17.2 Å². The Morgan fingerprint density at radius 1 is 1.29 bits per heavy atom. The molecule has 0 unspecified atom stereocenters. The van der Waals surface area contributed by atoms with Gasteiger partial charge in [-0.05, 0) is 24.5 Å². The summed E-state index contributed by atoms with van der Waals surface area (Å²) in [6, 6.07) is 4.69. The second kappa shape index (κ2) is 4.74. The second-order valence-electron chi connectivity index (χ2n) is 3.65. The zero-order valence-electron chi connectivity index (χ0n) is 8.53. The molecule has 14 heavy (non-hydrogen) atoms. The van der Waals surface area contributed by atoms with Crippen LogP contribution in [0.1, 0.15) is 20.3 Å². The van der Waals surface area contributed by atoms with Gasteiger partial charge in [-0.15, -0.1) is 0 Å². The van der Waals surface area contributed by atoms with E-state index in [9.17, 15) is 10.2 Å². The first-order chi connectivity index (χ1) is 6.61. The lowest BCUT2D eigenvalue weighted by Gasteiger charge is -2.09. The van der Waals surface area contributed by atoms with Crippen molar-refractivity contribution in [3.05, 3.63) is 18.2 Å². The number of para-hydroxylation sites is 1. The minimum atomic E-state index is -0.184. The topological polar surface area (TPSA) is 49.7 Å². The summed E-state index contributed by atoms with van der Waals surface area (Å²) < 4.78 is 5.32. The third-order valence-electron chi connectivity index (χ3n) is 1.93. The quantitative estimate of drug-likeness (QED) is 0.727. The molecule has 0 saturated heterocycles. The smallest absolute Gasteiger partial charge is 0.200 e. The van der Waals surface area contributed by atoms with Crippen LogP contribution in [0, 0.1) is 5.92 Å². The Labute approximate surface area is 84.0 Å². The number of ether oxygens (including phenoxy) is 1. The maximum atomic E-state index is 9.39. The highest BCUT2D eigenvalue weighted by Crippen LogP contribution is 2.34. The van der Waals surface area contributed by atoms with Gasteiger partial charge < -0.3 is 14.9 Å². The molecule has 0 saturated carbocycles. The van der Waals surface area contributed by atoms with Gasteiger partial charge in [-0.25, -0.2) is 0 Å². The van der Waals surface area contributed by atoms with Gasteiger partial charge in [0.15, 0.2) is 11.5 Å². The van der Waals surface area contributed by atoms with E-state index < -0.39 is 0 Å². The summed E-state index contributed by atoms with van der Waals surface area (Å²) in [6.45, 7) is 4.76. The summed E-state index contributed by atoms with van der Waals surface area (Å²) in [5, 5.41) is 18.6. The van der Waals surface area contributed by atoms with E-state index in [0.29, 0.717) is 18.3 Å². The summed E-state index contributed by atoms with van der Waals surface area (Å²) in [5.74, 6) is 0.573. The van der Waals surface area contributed by atoms with Crippen LogP contribution < -0.4 is 4.74 Å². The SMILES string of the molecule is CC(C)CCOc1cccc(O)c1O. The van der Waals surface area contributed by atoms with E-state index >= 15 is 0 Å². The molecule has 1 aromatic carbocycles. The Bertz CT molecular complexity index is 295. The third-order valence-corrected chi connectivity index (χ3v) is 1.93. The van der Waals surface area contributed by atoms with Crippen molar-refractivity contribution >= 4 is 0 Å². The van der Waals surface area contributed by atoms with Crippen LogP contribution in [0.4, 0.5) is 0 Å². The Morgan fingerprint density at radius 3 is 2.64 bits per heavy atom. The number of phenolic OH excluding ortho intramolecular Hbond substituents is 2. The number of aromatic hydroxyl groups is 2. The molecule has 0 heterocycles. The van der Waals surface area contributed by atoms with Crippen LogP contribution in [-0.2, 0) is 0 Å². The fraction of sp³-hybridized carbons (Fsp3) is 0.455. The molecule has 78 valence electrons. The van der Waals surface area contributed by atoms with Crippen molar-refractivity contribution < 1.29 is 14.9 Å². The maximum Gasteiger partial charge on any atom is 0.200 e. The molecule has 0 spiro atoms. The predicted molar refractivity (Wildman–Crippen MR) is 54.7 cm³/mol. The minimum Gasteiger partial charge on any atom is -0.504 e. The van der Waals surface area contributed by atoms with Crippen LogP contribution >= 0.6 is 0 Å². The van der Waals surface area contributed by atoms with Crippen LogP contribution in [0.2, 0.25) is 0 Å². The molecular formula is C11H16O3. The van der Waals surface area contributed by atoms with Crippen molar-refractivity contribution in [2.45, 2.75) is 20.3 Å². The molecule has 1 rings (SSSR count). The van der Waals surface area contributed by atoms with Gasteiger partial charge in [-0.2, -0.15) is 0 Å². The largest absolute Gasteiger partial charge is 0.504 e. The van der Waals surface area contributed by atoms with Gasteiger partial charge in [0.2, 0.25) is 5.75 Å². The van der Waals surface area contributed by atoms with E-state index in [1.165, 1.54) is 6.07 Å². The first kappa shape index (κ1) is 10.7. The van der Waals surface area contributed by atoms with Crippen LogP contribution in [0.25, 0.3) is 0 Å². The molecule has 1 aromatic rings. The van der Waals surface area contributed by atoms with E-state index in [1.807, 2.05) is 0 Å². The normalized spacial score (nSPS) is 10.5. The number of benzene rings is 1. The molecular weight excluding hydrogens is 180 g/mol. The molecule has 0 aliphatic rings. The summed E-state index contributed by atoms with van der Waals surface area (Å²) in [4.78, 5) is 0. The summed E-state index contributed by atoms with van der Waals surface area (Å²) >= 11 is 0. The Hall–Kier alpha value is -1.38. The van der Waals surface area contributed by atoms with Crippen molar-refractivity contribution in [1.29, 1.82) is 0 Å². The van der Waals surface area contributed by atoms with E-state index in [4.69, 9.17) is 4.74 Å². The monoisotopic (exact) mass is 196 g/mol. The number of phenols is 2. The van der Waals surface area contributed by atoms with Gasteiger partial charge in [0.1, 0.15) is 0 Å². The Balaban J connectivity index is 2.54. The van der Waals surface area contributed by atoms with Gasteiger partial charge in [0.05, 0.1) is 6.61 Å². The van der Waals surface area contributed by atoms with Crippen LogP contribution in [0.5, 0.6) is 17.2 Å². The summed E-state index contributed by atoms with van der Waals surface area (Å²) in [6.07, 6.45) is 0.926. The fourth-order valence-electron chi connectivity index (χ4n) is 1.03. The van der Waals surface area contributed by atoms with E-state index in [-0.39, 0.29) is 11.5 Å². The van der Waals surface area contributed by atoms with E-state index in [0.717, 1.165) is 6.42 Å². The molecule has 3 heteroatoms. The molecule has 0 bridgehead atoms. The number of rotatable bonds is 4. The molecule has 0 atom stereocenters. The van der Waals surface area contributed by atoms with Crippen molar-refractivity contribution in [2.75, 3.05) is 6.61 Å². The van der Waals surface area contributed by atoms with E-state index in [2.05, 4.69) is 13.8 Å². The zero-order valence-corrected chi connectivity index (χ0v) is 8.53. The van der Waals surface area contributed by atoms with E-state index in [1.54, 1.807) is 12.1 Å². The zero-order chi connectivity index (χ0) is 10.6. The molecule has 0 fully saturated rings. The molecule has 3 nitrogen and oxygen atoms in total. The first-order valence-corrected chi connectivity index (χ1v) is 4.75. The molecule has 0 radical (unpaired) electrons. The van der Waals surface area contributed by atoms with Gasteiger partial charge in [-0.1, -0.05) is 19.9 Å². The van der Waals surface area contributed by atoms with Crippen LogP contribution in [0.15, 0.2) is 18.2 Å². The fourth-order valence-corrected chi connectivity index (χ4v) is 1.03. The number of hydrogen-bond donors (Lipinski definition) is 2. The summed E-state index contributed by atoms with van der Waals surface area (Å²) in [5.41, 5.74) is 0. The lowest BCUT2D eigenvalue weighted by atomic mass is 10.1. The average Bonchev–Trinajstić information content (AvgIpc) is 2.12. The average molecular weight is 196 g/mol. The number of hydrogen-bond acceptors (Lipinski definition) is 3. The Morgan fingerprint density at radius 2 is 2.00 bits per heavy atom. The van der Waals surface area contributed by atoms with Crippen molar-refractivity contribution in [3.63, 3.8) is 0 Å². The van der Waals surface area contributed by atoms with Crippen molar-refractivity contribution in [2.24, 2.45) is 5.92 Å². The lowest BCUT2D eigenvalue weighted by molar-refractivity contribution is 0.271. The van der Waals surface area contributed by atoms with Gasteiger partial charge in [0, 0.05) is 0 Å². The molecule has 0 aliphatic heterocycles. The van der Waals surface area contributed by atoms with Crippen LogP contribution in [0.3, 0.4) is 0 Å². The highest BCUT2D eigenvalue weighted by atomic mass is 16.5. The molecule has 0 aromatic heterocycles. The molecule has 0 aliphatic carbocycles. The van der Waals surface area contributed by atoms with Crippen LogP contribution in [-0.4, -0.2) is 16.8 Å². The first-order valence-electron chi connectivity index (χ1n) is 4.75.